The number of allylic oxidation sites excluding steroid dienone is 4. The fourth-order valence-electron chi connectivity index (χ4n) is 0.619. The molecule has 13 heavy (non-hydrogen) atoms. The maximum atomic E-state index is 11.0. The SMILES string of the molecule is CCOC(=O)/C(C)=C/C=C/C=C/Cl. The van der Waals surface area contributed by atoms with Gasteiger partial charge in [-0.2, -0.15) is 0 Å². The van der Waals surface area contributed by atoms with Crippen LogP contribution in [0.2, 0.25) is 0 Å². The number of hydrogen-bond acceptors (Lipinski definition) is 2. The fraction of sp³-hybridized carbons (Fsp3) is 0.300. The van der Waals surface area contributed by atoms with Crippen LogP contribution in [0.5, 0.6) is 0 Å². The van der Waals surface area contributed by atoms with Crippen LogP contribution in [0, 0.1) is 0 Å². The number of carbonyl (C=O) groups excluding carboxylic acids is 1. The van der Waals surface area contributed by atoms with Crippen molar-refractivity contribution in [3.8, 4) is 0 Å². The number of rotatable bonds is 4. The molecule has 0 amide bonds. The van der Waals surface area contributed by atoms with E-state index >= 15 is 0 Å². The minimum atomic E-state index is -0.290. The summed E-state index contributed by atoms with van der Waals surface area (Å²) in [4.78, 5) is 11.0. The van der Waals surface area contributed by atoms with E-state index < -0.39 is 0 Å². The van der Waals surface area contributed by atoms with Crippen LogP contribution in [0.4, 0.5) is 0 Å². The molecular weight excluding hydrogens is 188 g/mol. The average molecular weight is 201 g/mol. The highest BCUT2D eigenvalue weighted by Gasteiger charge is 2.01. The van der Waals surface area contributed by atoms with Crippen LogP contribution in [0.15, 0.2) is 35.4 Å². The van der Waals surface area contributed by atoms with Gasteiger partial charge in [0.05, 0.1) is 6.61 Å². The predicted octanol–water partition coefficient (Wildman–Crippen LogP) is 2.80. The summed E-state index contributed by atoms with van der Waals surface area (Å²) in [6.45, 7) is 3.87. The zero-order valence-corrected chi connectivity index (χ0v) is 8.54. The minimum absolute atomic E-state index is 0.290. The van der Waals surface area contributed by atoms with E-state index in [2.05, 4.69) is 0 Å². The van der Waals surface area contributed by atoms with Crippen molar-refractivity contribution < 1.29 is 9.53 Å². The Morgan fingerprint density at radius 2 is 2.08 bits per heavy atom. The van der Waals surface area contributed by atoms with Crippen molar-refractivity contribution in [2.24, 2.45) is 0 Å². The molecule has 0 aromatic heterocycles. The van der Waals surface area contributed by atoms with E-state index in [4.69, 9.17) is 16.3 Å². The molecule has 0 aliphatic carbocycles. The monoisotopic (exact) mass is 200 g/mol. The highest BCUT2D eigenvalue weighted by molar-refractivity contribution is 6.25. The van der Waals surface area contributed by atoms with Gasteiger partial charge < -0.3 is 4.74 Å². The Labute approximate surface area is 83.5 Å². The third-order valence-electron chi connectivity index (χ3n) is 1.24. The zero-order valence-electron chi connectivity index (χ0n) is 7.79. The van der Waals surface area contributed by atoms with Crippen LogP contribution in [0.1, 0.15) is 13.8 Å². The molecule has 0 radical (unpaired) electrons. The quantitative estimate of drug-likeness (QED) is 0.396. The van der Waals surface area contributed by atoms with Crippen LogP contribution in [-0.4, -0.2) is 12.6 Å². The van der Waals surface area contributed by atoms with Crippen molar-refractivity contribution >= 4 is 17.6 Å². The third-order valence-corrected chi connectivity index (χ3v) is 1.38. The van der Waals surface area contributed by atoms with Crippen molar-refractivity contribution in [3.63, 3.8) is 0 Å². The van der Waals surface area contributed by atoms with Gasteiger partial charge in [0.2, 0.25) is 0 Å². The third kappa shape index (κ3) is 6.17. The molecule has 0 rings (SSSR count). The van der Waals surface area contributed by atoms with Crippen LogP contribution in [0.3, 0.4) is 0 Å². The molecule has 0 aliphatic heterocycles. The summed E-state index contributed by atoms with van der Waals surface area (Å²) in [5.74, 6) is -0.290. The Hall–Kier alpha value is -1.02. The highest BCUT2D eigenvalue weighted by atomic mass is 35.5. The molecule has 0 heterocycles. The molecule has 0 atom stereocenters. The molecule has 72 valence electrons. The lowest BCUT2D eigenvalue weighted by Gasteiger charge is -1.98. The smallest absolute Gasteiger partial charge is 0.333 e. The first-order valence-corrected chi connectivity index (χ1v) is 4.43. The molecule has 0 bridgehead atoms. The van der Waals surface area contributed by atoms with Crippen LogP contribution < -0.4 is 0 Å². The van der Waals surface area contributed by atoms with E-state index in [-0.39, 0.29) is 5.97 Å². The summed E-state index contributed by atoms with van der Waals surface area (Å²) in [6, 6.07) is 0. The molecule has 0 aliphatic rings. The molecule has 0 saturated heterocycles. The first-order valence-electron chi connectivity index (χ1n) is 3.99. The lowest BCUT2D eigenvalue weighted by molar-refractivity contribution is -0.138. The Balaban J connectivity index is 4.08. The number of carbonyl (C=O) groups is 1. The van der Waals surface area contributed by atoms with E-state index in [1.165, 1.54) is 5.54 Å². The average Bonchev–Trinajstić information content (AvgIpc) is 2.12. The van der Waals surface area contributed by atoms with E-state index in [1.807, 2.05) is 0 Å². The zero-order chi connectivity index (χ0) is 10.1. The van der Waals surface area contributed by atoms with Gasteiger partial charge in [-0.1, -0.05) is 35.9 Å². The normalized spacial score (nSPS) is 12.7. The Kier molecular flexibility index (Phi) is 7.02. The van der Waals surface area contributed by atoms with Crippen LogP contribution in [0.25, 0.3) is 0 Å². The number of hydrogen-bond donors (Lipinski definition) is 0. The summed E-state index contributed by atoms with van der Waals surface area (Å²) in [7, 11) is 0. The second-order valence-corrected chi connectivity index (χ2v) is 2.53. The largest absolute Gasteiger partial charge is 0.463 e. The molecule has 0 fully saturated rings. The Bertz CT molecular complexity index is 239. The van der Waals surface area contributed by atoms with Gasteiger partial charge in [0.25, 0.3) is 0 Å². The van der Waals surface area contributed by atoms with Crippen LogP contribution >= 0.6 is 11.6 Å². The summed E-state index contributed by atoms with van der Waals surface area (Å²) in [6.07, 6.45) is 6.80. The van der Waals surface area contributed by atoms with Crippen molar-refractivity contribution in [2.75, 3.05) is 6.61 Å². The van der Waals surface area contributed by atoms with E-state index in [1.54, 1.807) is 38.2 Å². The maximum absolute atomic E-state index is 11.0. The first-order chi connectivity index (χ1) is 6.22. The Morgan fingerprint density at radius 3 is 2.62 bits per heavy atom. The van der Waals surface area contributed by atoms with E-state index in [0.717, 1.165) is 0 Å². The van der Waals surface area contributed by atoms with Crippen molar-refractivity contribution in [2.45, 2.75) is 13.8 Å². The van der Waals surface area contributed by atoms with Gasteiger partial charge in [-0.25, -0.2) is 4.79 Å². The van der Waals surface area contributed by atoms with Gasteiger partial charge in [-0.3, -0.25) is 0 Å². The lowest BCUT2D eigenvalue weighted by atomic mass is 10.3. The van der Waals surface area contributed by atoms with E-state index in [0.29, 0.717) is 12.2 Å². The fourth-order valence-corrected chi connectivity index (χ4v) is 0.703. The number of ether oxygens (including phenoxy) is 1. The van der Waals surface area contributed by atoms with Gasteiger partial charge in [0, 0.05) is 11.1 Å². The van der Waals surface area contributed by atoms with Crippen molar-refractivity contribution in [1.82, 2.24) is 0 Å². The predicted molar refractivity (Wildman–Crippen MR) is 54.5 cm³/mol. The molecule has 0 N–H and O–H groups in total. The molecule has 0 saturated carbocycles. The number of halogens is 1. The standard InChI is InChI=1S/C10H13ClO2/c1-3-13-10(12)9(2)7-5-4-6-8-11/h4-8H,3H2,1-2H3/b5-4+,8-6+,9-7+. The Morgan fingerprint density at radius 1 is 1.38 bits per heavy atom. The first kappa shape index (κ1) is 12.0. The van der Waals surface area contributed by atoms with Gasteiger partial charge in [-0.05, 0) is 13.8 Å². The van der Waals surface area contributed by atoms with Crippen molar-refractivity contribution in [1.29, 1.82) is 0 Å². The molecular formula is C10H13ClO2. The summed E-state index contributed by atoms with van der Waals surface area (Å²) in [5, 5.41) is 0. The topological polar surface area (TPSA) is 26.3 Å². The molecule has 2 nitrogen and oxygen atoms in total. The van der Waals surface area contributed by atoms with Crippen LogP contribution in [-0.2, 0) is 9.53 Å². The van der Waals surface area contributed by atoms with E-state index in [9.17, 15) is 4.79 Å². The maximum Gasteiger partial charge on any atom is 0.333 e. The lowest BCUT2D eigenvalue weighted by Crippen LogP contribution is -2.04. The minimum Gasteiger partial charge on any atom is -0.463 e. The highest BCUT2D eigenvalue weighted by Crippen LogP contribution is 1.97. The molecule has 0 aromatic rings. The van der Waals surface area contributed by atoms with Crippen molar-refractivity contribution in [3.05, 3.63) is 35.4 Å². The molecule has 0 aromatic carbocycles. The van der Waals surface area contributed by atoms with Gasteiger partial charge in [-0.15, -0.1) is 0 Å². The second kappa shape index (κ2) is 7.62. The molecule has 0 spiro atoms. The summed E-state index contributed by atoms with van der Waals surface area (Å²) >= 11 is 5.28. The van der Waals surface area contributed by atoms with Gasteiger partial charge >= 0.3 is 5.97 Å². The summed E-state index contributed by atoms with van der Waals surface area (Å²) < 4.78 is 4.78. The van der Waals surface area contributed by atoms with Gasteiger partial charge in [0.1, 0.15) is 0 Å². The molecule has 0 unspecified atom stereocenters. The number of esters is 1. The summed E-state index contributed by atoms with van der Waals surface area (Å²) in [5.41, 5.74) is 1.96. The second-order valence-electron chi connectivity index (χ2n) is 2.27. The van der Waals surface area contributed by atoms with Gasteiger partial charge in [0.15, 0.2) is 0 Å². The molecule has 3 heteroatoms.